The molecule has 0 radical (unpaired) electrons. The van der Waals surface area contributed by atoms with Crippen LogP contribution in [0.3, 0.4) is 0 Å². The van der Waals surface area contributed by atoms with Crippen LogP contribution in [0.25, 0.3) is 0 Å². The van der Waals surface area contributed by atoms with Crippen molar-refractivity contribution in [3.63, 3.8) is 0 Å². The summed E-state index contributed by atoms with van der Waals surface area (Å²) in [6.45, 7) is 4.36. The Morgan fingerprint density at radius 2 is 1.85 bits per heavy atom. The van der Waals surface area contributed by atoms with Crippen molar-refractivity contribution in [2.45, 2.75) is 26.9 Å². The van der Waals surface area contributed by atoms with E-state index in [1.807, 2.05) is 0 Å². The molecule has 0 aliphatic heterocycles. The van der Waals surface area contributed by atoms with E-state index in [0.717, 1.165) is 6.07 Å². The van der Waals surface area contributed by atoms with Gasteiger partial charge in [0.05, 0.1) is 16.0 Å². The second kappa shape index (κ2) is 5.40. The number of carbonyl (C=O) groups is 1. The molecule has 0 heterocycles. The van der Waals surface area contributed by atoms with Gasteiger partial charge in [-0.3, -0.25) is 4.79 Å². The van der Waals surface area contributed by atoms with Crippen molar-refractivity contribution in [1.29, 1.82) is 0 Å². The van der Waals surface area contributed by atoms with Gasteiger partial charge in [0.15, 0.2) is 0 Å². The standard InChI is InChI=1S/C13H15F3N2OS/c1-7-4-5-8(6-9(7)13(14,15)16)18-11(19)12(2,3)10(17)20/h4-6H,1-3H3,(H2,17,20)(H,18,19). The summed E-state index contributed by atoms with van der Waals surface area (Å²) in [6.07, 6.45) is -4.47. The molecule has 3 N–H and O–H groups in total. The van der Waals surface area contributed by atoms with Gasteiger partial charge in [-0.05, 0) is 38.5 Å². The van der Waals surface area contributed by atoms with Gasteiger partial charge in [-0.15, -0.1) is 0 Å². The number of benzene rings is 1. The highest BCUT2D eigenvalue weighted by Gasteiger charge is 2.34. The van der Waals surface area contributed by atoms with Crippen molar-refractivity contribution in [1.82, 2.24) is 0 Å². The molecular formula is C13H15F3N2OS. The predicted octanol–water partition coefficient (Wildman–Crippen LogP) is 3.26. The molecule has 1 amide bonds. The average Bonchev–Trinajstić information content (AvgIpc) is 2.29. The number of amides is 1. The van der Waals surface area contributed by atoms with Gasteiger partial charge in [0, 0.05) is 5.69 Å². The van der Waals surface area contributed by atoms with Gasteiger partial charge in [0.1, 0.15) is 0 Å². The lowest BCUT2D eigenvalue weighted by atomic mass is 9.92. The van der Waals surface area contributed by atoms with Gasteiger partial charge in [-0.1, -0.05) is 18.3 Å². The Balaban J connectivity index is 3.07. The topological polar surface area (TPSA) is 55.1 Å². The molecule has 0 bridgehead atoms. The lowest BCUT2D eigenvalue weighted by molar-refractivity contribution is -0.138. The normalized spacial score (nSPS) is 12.1. The Morgan fingerprint density at radius 1 is 1.30 bits per heavy atom. The van der Waals surface area contributed by atoms with Crippen molar-refractivity contribution in [3.05, 3.63) is 29.3 Å². The largest absolute Gasteiger partial charge is 0.416 e. The van der Waals surface area contributed by atoms with Crippen LogP contribution in [0.5, 0.6) is 0 Å². The lowest BCUT2D eigenvalue weighted by Gasteiger charge is -2.22. The number of hydrogen-bond donors (Lipinski definition) is 2. The minimum atomic E-state index is -4.47. The third-order valence-corrected chi connectivity index (χ3v) is 3.49. The minimum absolute atomic E-state index is 0.0295. The maximum Gasteiger partial charge on any atom is 0.416 e. The summed E-state index contributed by atoms with van der Waals surface area (Å²) in [6, 6.07) is 3.59. The third-order valence-electron chi connectivity index (χ3n) is 2.98. The van der Waals surface area contributed by atoms with Gasteiger partial charge in [-0.25, -0.2) is 0 Å². The molecule has 20 heavy (non-hydrogen) atoms. The Kier molecular flexibility index (Phi) is 4.43. The fraction of sp³-hybridized carbons (Fsp3) is 0.385. The summed E-state index contributed by atoms with van der Waals surface area (Å²) in [5.74, 6) is -0.554. The van der Waals surface area contributed by atoms with Gasteiger partial charge in [0.2, 0.25) is 5.91 Å². The van der Waals surface area contributed by atoms with Gasteiger partial charge in [-0.2, -0.15) is 13.2 Å². The van der Waals surface area contributed by atoms with E-state index >= 15 is 0 Å². The highest BCUT2D eigenvalue weighted by atomic mass is 32.1. The Morgan fingerprint density at radius 3 is 2.30 bits per heavy atom. The molecule has 0 saturated carbocycles. The molecule has 7 heteroatoms. The number of hydrogen-bond acceptors (Lipinski definition) is 2. The highest BCUT2D eigenvalue weighted by Crippen LogP contribution is 2.33. The first-order valence-electron chi connectivity index (χ1n) is 5.75. The van der Waals surface area contributed by atoms with Gasteiger partial charge in [0.25, 0.3) is 0 Å². The molecule has 3 nitrogen and oxygen atoms in total. The zero-order valence-corrected chi connectivity index (χ0v) is 12.1. The van der Waals surface area contributed by atoms with E-state index in [0.29, 0.717) is 0 Å². The van der Waals surface area contributed by atoms with E-state index in [4.69, 9.17) is 18.0 Å². The summed E-state index contributed by atoms with van der Waals surface area (Å²) in [5, 5.41) is 2.40. The Bertz CT molecular complexity index is 553. The van der Waals surface area contributed by atoms with Crippen LogP contribution in [0.4, 0.5) is 18.9 Å². The maximum absolute atomic E-state index is 12.8. The third kappa shape index (κ3) is 3.47. The van der Waals surface area contributed by atoms with Crippen LogP contribution in [0.2, 0.25) is 0 Å². The highest BCUT2D eigenvalue weighted by molar-refractivity contribution is 7.80. The summed E-state index contributed by atoms with van der Waals surface area (Å²) in [7, 11) is 0. The number of alkyl halides is 3. The summed E-state index contributed by atoms with van der Waals surface area (Å²) in [5.41, 5.74) is 3.65. The van der Waals surface area contributed by atoms with Crippen molar-refractivity contribution >= 4 is 28.8 Å². The first kappa shape index (κ1) is 16.4. The molecule has 1 aromatic rings. The number of halogens is 3. The molecule has 110 valence electrons. The molecule has 0 fully saturated rings. The Hall–Kier alpha value is -1.63. The number of nitrogens with two attached hydrogens (primary N) is 1. The first-order chi connectivity index (χ1) is 8.96. The zero-order chi connectivity index (χ0) is 15.7. The van der Waals surface area contributed by atoms with E-state index in [1.165, 1.54) is 32.9 Å². The minimum Gasteiger partial charge on any atom is -0.392 e. The van der Waals surface area contributed by atoms with Crippen LogP contribution in [0.15, 0.2) is 18.2 Å². The number of carbonyl (C=O) groups excluding carboxylic acids is 1. The number of rotatable bonds is 3. The summed E-state index contributed by atoms with van der Waals surface area (Å²) in [4.78, 5) is 11.9. The fourth-order valence-corrected chi connectivity index (χ4v) is 1.50. The Labute approximate surface area is 120 Å². The molecule has 0 aliphatic carbocycles. The summed E-state index contributed by atoms with van der Waals surface area (Å²) >= 11 is 4.77. The maximum atomic E-state index is 12.8. The molecule has 1 rings (SSSR count). The second-order valence-electron chi connectivity index (χ2n) is 4.97. The molecule has 0 spiro atoms. The molecule has 0 aliphatic rings. The first-order valence-corrected chi connectivity index (χ1v) is 6.16. The predicted molar refractivity (Wildman–Crippen MR) is 75.4 cm³/mol. The van der Waals surface area contributed by atoms with Crippen LogP contribution in [0.1, 0.15) is 25.0 Å². The van der Waals surface area contributed by atoms with Crippen molar-refractivity contribution < 1.29 is 18.0 Å². The molecule has 0 atom stereocenters. The SMILES string of the molecule is Cc1ccc(NC(=O)C(C)(C)C(N)=S)cc1C(F)(F)F. The molecule has 0 saturated heterocycles. The summed E-state index contributed by atoms with van der Waals surface area (Å²) < 4.78 is 38.3. The van der Waals surface area contributed by atoms with Crippen LogP contribution >= 0.6 is 12.2 Å². The molecular weight excluding hydrogens is 289 g/mol. The smallest absolute Gasteiger partial charge is 0.392 e. The lowest BCUT2D eigenvalue weighted by Crippen LogP contribution is -2.41. The van der Waals surface area contributed by atoms with E-state index in [1.54, 1.807) is 0 Å². The van der Waals surface area contributed by atoms with E-state index in [9.17, 15) is 18.0 Å². The number of thiocarbonyl (C=S) groups is 1. The van der Waals surface area contributed by atoms with Crippen molar-refractivity contribution in [2.75, 3.05) is 5.32 Å². The van der Waals surface area contributed by atoms with E-state index < -0.39 is 23.1 Å². The van der Waals surface area contributed by atoms with E-state index in [2.05, 4.69) is 5.32 Å². The van der Waals surface area contributed by atoms with Gasteiger partial charge >= 0.3 is 6.18 Å². The van der Waals surface area contributed by atoms with Gasteiger partial charge < -0.3 is 11.1 Å². The van der Waals surface area contributed by atoms with Crippen LogP contribution in [-0.2, 0) is 11.0 Å². The molecule has 0 aromatic heterocycles. The fourth-order valence-electron chi connectivity index (χ4n) is 1.40. The molecule has 0 unspecified atom stereocenters. The van der Waals surface area contributed by atoms with Crippen molar-refractivity contribution in [3.8, 4) is 0 Å². The number of nitrogens with one attached hydrogen (secondary N) is 1. The molecule has 1 aromatic carbocycles. The number of aryl methyl sites for hydroxylation is 1. The number of anilines is 1. The monoisotopic (exact) mass is 304 g/mol. The quantitative estimate of drug-likeness (QED) is 0.843. The second-order valence-corrected chi connectivity index (χ2v) is 5.41. The van der Waals surface area contributed by atoms with Crippen LogP contribution in [-0.4, -0.2) is 10.9 Å². The average molecular weight is 304 g/mol. The van der Waals surface area contributed by atoms with Crippen LogP contribution in [0, 0.1) is 12.3 Å². The van der Waals surface area contributed by atoms with E-state index in [-0.39, 0.29) is 16.2 Å². The zero-order valence-electron chi connectivity index (χ0n) is 11.3. The van der Waals surface area contributed by atoms with Crippen LogP contribution < -0.4 is 11.1 Å². The van der Waals surface area contributed by atoms with Crippen molar-refractivity contribution in [2.24, 2.45) is 11.1 Å².